The molecule has 2 atom stereocenters. The number of rotatable bonds is 9. The molecular formula is C23H34N4O2. The highest BCUT2D eigenvalue weighted by molar-refractivity contribution is 5.79. The van der Waals surface area contributed by atoms with Crippen LogP contribution in [0.4, 0.5) is 0 Å². The van der Waals surface area contributed by atoms with Crippen LogP contribution < -0.4 is 5.32 Å². The molecular weight excluding hydrogens is 364 g/mol. The van der Waals surface area contributed by atoms with Crippen LogP contribution in [0.2, 0.25) is 0 Å². The highest BCUT2D eigenvalue weighted by atomic mass is 16.5. The van der Waals surface area contributed by atoms with E-state index in [1.165, 1.54) is 16.7 Å². The molecule has 2 aromatic rings. The fraction of sp³-hybridized carbons (Fsp3) is 0.565. The quantitative estimate of drug-likeness (QED) is 0.703. The minimum Gasteiger partial charge on any atom is -0.383 e. The first-order chi connectivity index (χ1) is 13.9. The average molecular weight is 399 g/mol. The highest BCUT2D eigenvalue weighted by Gasteiger charge is 2.40. The maximum absolute atomic E-state index is 12.7. The Morgan fingerprint density at radius 1 is 1.28 bits per heavy atom. The van der Waals surface area contributed by atoms with Gasteiger partial charge in [0.15, 0.2) is 0 Å². The van der Waals surface area contributed by atoms with E-state index < -0.39 is 0 Å². The molecule has 1 fully saturated rings. The Kier molecular flexibility index (Phi) is 7.09. The van der Waals surface area contributed by atoms with E-state index in [0.717, 1.165) is 18.7 Å². The number of hydrogen-bond donors (Lipinski definition) is 1. The molecule has 0 unspecified atom stereocenters. The van der Waals surface area contributed by atoms with Crippen molar-refractivity contribution in [3.05, 3.63) is 52.8 Å². The zero-order valence-electron chi connectivity index (χ0n) is 18.3. The third-order valence-electron chi connectivity index (χ3n) is 5.87. The van der Waals surface area contributed by atoms with Crippen LogP contribution in [-0.4, -0.2) is 47.4 Å². The van der Waals surface area contributed by atoms with Gasteiger partial charge in [-0.05, 0) is 44.4 Å². The van der Waals surface area contributed by atoms with E-state index in [9.17, 15) is 4.79 Å². The van der Waals surface area contributed by atoms with Crippen LogP contribution in [0.1, 0.15) is 54.6 Å². The molecule has 6 heteroatoms. The Morgan fingerprint density at radius 2 is 2.07 bits per heavy atom. The molecule has 1 saturated heterocycles. The van der Waals surface area contributed by atoms with E-state index >= 15 is 0 Å². The summed E-state index contributed by atoms with van der Waals surface area (Å²) in [6.07, 6.45) is 4.56. The summed E-state index contributed by atoms with van der Waals surface area (Å²) in [6, 6.07) is 6.91. The molecule has 0 spiro atoms. The van der Waals surface area contributed by atoms with E-state index in [2.05, 4.69) is 62.5 Å². The molecule has 1 aliphatic rings. The molecule has 1 N–H and O–H groups in total. The van der Waals surface area contributed by atoms with Crippen molar-refractivity contribution in [1.82, 2.24) is 20.0 Å². The fourth-order valence-corrected chi connectivity index (χ4v) is 4.06. The van der Waals surface area contributed by atoms with Gasteiger partial charge in [-0.15, -0.1) is 0 Å². The van der Waals surface area contributed by atoms with Gasteiger partial charge in [0.05, 0.1) is 18.8 Å². The Morgan fingerprint density at radius 3 is 2.72 bits per heavy atom. The normalized spacial score (nSPS) is 19.5. The van der Waals surface area contributed by atoms with Crippen LogP contribution >= 0.6 is 0 Å². The molecule has 1 aromatic heterocycles. The smallest absolute Gasteiger partial charge is 0.223 e. The SMILES string of the molecule is COCCN1C(=O)C[C@@H](CNCc2ccc(C)c(C)c2)[C@@H]1c1cnn(C(C)C)c1. The van der Waals surface area contributed by atoms with Gasteiger partial charge in [-0.1, -0.05) is 18.2 Å². The van der Waals surface area contributed by atoms with Crippen LogP contribution in [0.5, 0.6) is 0 Å². The van der Waals surface area contributed by atoms with E-state index in [1.807, 2.05) is 15.8 Å². The first kappa shape index (κ1) is 21.5. The first-order valence-electron chi connectivity index (χ1n) is 10.5. The van der Waals surface area contributed by atoms with Gasteiger partial charge in [0.2, 0.25) is 5.91 Å². The maximum Gasteiger partial charge on any atom is 0.223 e. The highest BCUT2D eigenvalue weighted by Crippen LogP contribution is 2.37. The second-order valence-electron chi connectivity index (χ2n) is 8.39. The average Bonchev–Trinajstić information content (AvgIpc) is 3.27. The Labute approximate surface area is 174 Å². The molecule has 29 heavy (non-hydrogen) atoms. The van der Waals surface area contributed by atoms with Gasteiger partial charge < -0.3 is 15.0 Å². The molecule has 0 radical (unpaired) electrons. The van der Waals surface area contributed by atoms with E-state index in [1.54, 1.807) is 7.11 Å². The lowest BCUT2D eigenvalue weighted by Crippen LogP contribution is -2.33. The Bertz CT molecular complexity index is 830. The van der Waals surface area contributed by atoms with Gasteiger partial charge in [0, 0.05) is 56.9 Å². The summed E-state index contributed by atoms with van der Waals surface area (Å²) in [7, 11) is 1.68. The van der Waals surface area contributed by atoms with Gasteiger partial charge in [-0.25, -0.2) is 0 Å². The Balaban J connectivity index is 1.72. The van der Waals surface area contributed by atoms with Crippen molar-refractivity contribution in [3.63, 3.8) is 0 Å². The summed E-state index contributed by atoms with van der Waals surface area (Å²) < 4.78 is 7.21. The van der Waals surface area contributed by atoms with Crippen molar-refractivity contribution in [2.24, 2.45) is 5.92 Å². The third kappa shape index (κ3) is 5.06. The zero-order chi connectivity index (χ0) is 21.0. The number of nitrogens with zero attached hydrogens (tertiary/aromatic N) is 3. The topological polar surface area (TPSA) is 59.4 Å². The number of benzene rings is 1. The number of aromatic nitrogens is 2. The predicted molar refractivity (Wildman–Crippen MR) is 115 cm³/mol. The molecule has 1 aliphatic heterocycles. The summed E-state index contributed by atoms with van der Waals surface area (Å²) in [5, 5.41) is 8.09. The van der Waals surface area contributed by atoms with Crippen molar-refractivity contribution in [3.8, 4) is 0 Å². The van der Waals surface area contributed by atoms with E-state index in [-0.39, 0.29) is 17.9 Å². The second-order valence-corrected chi connectivity index (χ2v) is 8.39. The number of nitrogens with one attached hydrogen (secondary N) is 1. The third-order valence-corrected chi connectivity index (χ3v) is 5.87. The minimum absolute atomic E-state index is 0.0393. The van der Waals surface area contributed by atoms with Gasteiger partial charge in [-0.2, -0.15) is 5.10 Å². The van der Waals surface area contributed by atoms with Crippen molar-refractivity contribution >= 4 is 5.91 Å². The summed E-state index contributed by atoms with van der Waals surface area (Å²) in [6.45, 7) is 11.3. The molecule has 0 saturated carbocycles. The molecule has 6 nitrogen and oxygen atoms in total. The van der Waals surface area contributed by atoms with Crippen LogP contribution in [0.15, 0.2) is 30.6 Å². The monoisotopic (exact) mass is 398 g/mol. The van der Waals surface area contributed by atoms with Crippen LogP contribution in [0.25, 0.3) is 0 Å². The van der Waals surface area contributed by atoms with Gasteiger partial charge in [0.25, 0.3) is 0 Å². The van der Waals surface area contributed by atoms with Gasteiger partial charge >= 0.3 is 0 Å². The van der Waals surface area contributed by atoms with Crippen molar-refractivity contribution in [2.75, 3.05) is 26.8 Å². The second kappa shape index (κ2) is 9.55. The summed E-state index contributed by atoms with van der Waals surface area (Å²) in [5.74, 6) is 0.415. The number of carbonyl (C=O) groups excluding carboxylic acids is 1. The molecule has 0 bridgehead atoms. The number of ether oxygens (including phenoxy) is 1. The number of aryl methyl sites for hydroxylation is 2. The summed E-state index contributed by atoms with van der Waals surface area (Å²) in [5.41, 5.74) is 5.01. The number of hydrogen-bond acceptors (Lipinski definition) is 4. The number of methoxy groups -OCH3 is 1. The summed E-state index contributed by atoms with van der Waals surface area (Å²) in [4.78, 5) is 14.7. The predicted octanol–water partition coefficient (Wildman–Crippen LogP) is 3.41. The molecule has 2 heterocycles. The van der Waals surface area contributed by atoms with E-state index in [0.29, 0.717) is 25.6 Å². The lowest BCUT2D eigenvalue weighted by atomic mass is 9.95. The molecule has 1 amide bonds. The standard InChI is InChI=1S/C23H34N4O2/c1-16(2)27-15-21(14-25-27)23-20(11-22(28)26(23)8-9-29-5)13-24-12-19-7-6-17(3)18(4)10-19/h6-7,10,14-16,20,23-24H,8-9,11-13H2,1-5H3/t20-,23+/m0/s1. The number of carbonyl (C=O) groups is 1. The zero-order valence-corrected chi connectivity index (χ0v) is 18.3. The number of likely N-dealkylation sites (tertiary alicyclic amines) is 1. The summed E-state index contributed by atoms with van der Waals surface area (Å²) >= 11 is 0. The molecule has 0 aliphatic carbocycles. The van der Waals surface area contributed by atoms with Crippen LogP contribution in [0.3, 0.4) is 0 Å². The Hall–Kier alpha value is -2.18. The molecule has 1 aromatic carbocycles. The van der Waals surface area contributed by atoms with Crippen molar-refractivity contribution < 1.29 is 9.53 Å². The maximum atomic E-state index is 12.7. The molecule has 158 valence electrons. The van der Waals surface area contributed by atoms with Gasteiger partial charge in [-0.3, -0.25) is 9.48 Å². The van der Waals surface area contributed by atoms with Gasteiger partial charge in [0.1, 0.15) is 0 Å². The van der Waals surface area contributed by atoms with Crippen molar-refractivity contribution in [1.29, 1.82) is 0 Å². The lowest BCUT2D eigenvalue weighted by molar-refractivity contribution is -0.129. The molecule has 3 rings (SSSR count). The first-order valence-corrected chi connectivity index (χ1v) is 10.5. The van der Waals surface area contributed by atoms with Crippen molar-refractivity contribution in [2.45, 2.75) is 52.7 Å². The van der Waals surface area contributed by atoms with Crippen LogP contribution in [-0.2, 0) is 16.1 Å². The minimum atomic E-state index is 0.0393. The number of amides is 1. The van der Waals surface area contributed by atoms with E-state index in [4.69, 9.17) is 4.74 Å². The lowest BCUT2D eigenvalue weighted by Gasteiger charge is -2.27. The fourth-order valence-electron chi connectivity index (χ4n) is 4.06. The largest absolute Gasteiger partial charge is 0.383 e. The van der Waals surface area contributed by atoms with Crippen LogP contribution in [0, 0.1) is 19.8 Å².